The van der Waals surface area contributed by atoms with Crippen molar-refractivity contribution >= 4 is 57.3 Å². The fourth-order valence-electron chi connectivity index (χ4n) is 4.30. The lowest BCUT2D eigenvalue weighted by molar-refractivity contribution is -0.111. The lowest BCUT2D eigenvalue weighted by atomic mass is 10.1. The Balaban J connectivity index is 1.27. The van der Waals surface area contributed by atoms with E-state index in [9.17, 15) is 9.59 Å². The molecule has 212 valence electrons. The minimum Gasteiger partial charge on any atom is -0.360 e. The molecule has 0 spiro atoms. The van der Waals surface area contributed by atoms with Gasteiger partial charge in [0.1, 0.15) is 0 Å². The van der Waals surface area contributed by atoms with Gasteiger partial charge in [0.25, 0.3) is 5.91 Å². The molecule has 0 aliphatic carbocycles. The summed E-state index contributed by atoms with van der Waals surface area (Å²) >= 11 is 6.48. The first-order valence-corrected chi connectivity index (χ1v) is 13.6. The van der Waals surface area contributed by atoms with Gasteiger partial charge in [-0.05, 0) is 69.0 Å². The Morgan fingerprint density at radius 2 is 1.76 bits per heavy atom. The van der Waals surface area contributed by atoms with Crippen molar-refractivity contribution in [2.45, 2.75) is 6.92 Å². The monoisotopic (exact) mass is 579 g/mol. The van der Waals surface area contributed by atoms with Crippen LogP contribution in [0.15, 0.2) is 91.3 Å². The maximum absolute atomic E-state index is 13.0. The number of carbonyl (C=O) groups is 2. The summed E-state index contributed by atoms with van der Waals surface area (Å²) in [5.74, 6) is -0.134. The van der Waals surface area contributed by atoms with Gasteiger partial charge < -0.3 is 25.8 Å². The van der Waals surface area contributed by atoms with E-state index in [1.165, 1.54) is 6.08 Å². The van der Waals surface area contributed by atoms with Gasteiger partial charge in [0, 0.05) is 57.9 Å². The molecule has 2 amide bonds. The number of amides is 2. The number of benzene rings is 3. The molecule has 10 heteroatoms. The molecule has 0 saturated carbocycles. The van der Waals surface area contributed by atoms with Gasteiger partial charge in [-0.2, -0.15) is 0 Å². The number of nitrogens with one attached hydrogen (secondary N) is 4. The second-order valence-corrected chi connectivity index (χ2v) is 10.4. The largest absolute Gasteiger partial charge is 0.360 e. The molecule has 0 unspecified atom stereocenters. The SMILES string of the molecule is Cc1ccc(Nc2ncc(Cl)c(-c3c[nH]c4ccccc34)n2)cc1NC(=O)c1ccc(NC(=O)C=CCN(C)C)cc1. The summed E-state index contributed by atoms with van der Waals surface area (Å²) in [5, 5.41) is 10.4. The van der Waals surface area contributed by atoms with Crippen molar-refractivity contribution in [1.82, 2.24) is 19.9 Å². The summed E-state index contributed by atoms with van der Waals surface area (Å²) < 4.78 is 0. The highest BCUT2D eigenvalue weighted by molar-refractivity contribution is 6.33. The van der Waals surface area contributed by atoms with Crippen LogP contribution < -0.4 is 16.0 Å². The van der Waals surface area contributed by atoms with Crippen LogP contribution in [0.5, 0.6) is 0 Å². The zero-order valence-electron chi connectivity index (χ0n) is 23.4. The van der Waals surface area contributed by atoms with E-state index in [1.807, 2.05) is 74.6 Å². The predicted octanol–water partition coefficient (Wildman–Crippen LogP) is 6.64. The van der Waals surface area contributed by atoms with Gasteiger partial charge in [0.2, 0.25) is 11.9 Å². The summed E-state index contributed by atoms with van der Waals surface area (Å²) in [5.41, 5.74) is 5.76. The third-order valence-electron chi connectivity index (χ3n) is 6.48. The first-order valence-electron chi connectivity index (χ1n) is 13.3. The highest BCUT2D eigenvalue weighted by Gasteiger charge is 2.14. The van der Waals surface area contributed by atoms with Crippen LogP contribution in [0.2, 0.25) is 5.02 Å². The normalized spacial score (nSPS) is 11.3. The van der Waals surface area contributed by atoms with Crippen LogP contribution in [0.4, 0.5) is 23.0 Å². The number of halogens is 1. The first kappa shape index (κ1) is 28.5. The van der Waals surface area contributed by atoms with E-state index < -0.39 is 0 Å². The minimum absolute atomic E-state index is 0.229. The van der Waals surface area contributed by atoms with Gasteiger partial charge >= 0.3 is 0 Å². The Labute approximate surface area is 248 Å². The van der Waals surface area contributed by atoms with Crippen LogP contribution in [0, 0.1) is 6.92 Å². The number of rotatable bonds is 9. The third-order valence-corrected chi connectivity index (χ3v) is 6.76. The Hall–Kier alpha value is -4.99. The molecule has 0 bridgehead atoms. The maximum atomic E-state index is 13.0. The molecule has 0 fully saturated rings. The number of anilines is 4. The highest BCUT2D eigenvalue weighted by atomic mass is 35.5. The van der Waals surface area contributed by atoms with E-state index in [-0.39, 0.29) is 11.8 Å². The van der Waals surface area contributed by atoms with Crippen LogP contribution in [-0.2, 0) is 4.79 Å². The molecule has 42 heavy (non-hydrogen) atoms. The zero-order valence-corrected chi connectivity index (χ0v) is 24.2. The van der Waals surface area contributed by atoms with E-state index in [0.29, 0.717) is 45.8 Å². The molecule has 5 aromatic rings. The number of fused-ring (bicyclic) bond motifs is 1. The van der Waals surface area contributed by atoms with Crippen molar-refractivity contribution in [3.63, 3.8) is 0 Å². The Bertz CT molecular complexity index is 1780. The molecule has 4 N–H and O–H groups in total. The number of nitrogens with zero attached hydrogens (tertiary/aromatic N) is 3. The van der Waals surface area contributed by atoms with E-state index in [2.05, 4.69) is 30.9 Å². The van der Waals surface area contributed by atoms with Crippen molar-refractivity contribution in [2.75, 3.05) is 36.6 Å². The number of aryl methyl sites for hydroxylation is 1. The second-order valence-electron chi connectivity index (χ2n) is 9.98. The lowest BCUT2D eigenvalue weighted by Gasteiger charge is -2.13. The van der Waals surface area contributed by atoms with Crippen LogP contribution in [0.1, 0.15) is 15.9 Å². The molecule has 9 nitrogen and oxygen atoms in total. The quantitative estimate of drug-likeness (QED) is 0.146. The van der Waals surface area contributed by atoms with Gasteiger partial charge in [0.05, 0.1) is 16.9 Å². The summed E-state index contributed by atoms with van der Waals surface area (Å²) in [6, 6.07) is 20.3. The maximum Gasteiger partial charge on any atom is 0.255 e. The average Bonchev–Trinajstić information content (AvgIpc) is 3.40. The van der Waals surface area contributed by atoms with Crippen molar-refractivity contribution in [1.29, 1.82) is 0 Å². The first-order chi connectivity index (χ1) is 20.3. The lowest BCUT2D eigenvalue weighted by Crippen LogP contribution is -2.14. The number of aromatic amines is 1. The van der Waals surface area contributed by atoms with Crippen LogP contribution in [0.3, 0.4) is 0 Å². The zero-order chi connectivity index (χ0) is 29.6. The number of H-pyrrole nitrogens is 1. The van der Waals surface area contributed by atoms with Crippen molar-refractivity contribution in [3.8, 4) is 11.3 Å². The molecule has 0 saturated heterocycles. The molecule has 2 aromatic heterocycles. The second kappa shape index (κ2) is 12.7. The molecular formula is C32H30ClN7O2. The van der Waals surface area contributed by atoms with Gasteiger partial charge in [-0.25, -0.2) is 9.97 Å². The van der Waals surface area contributed by atoms with Gasteiger partial charge in [-0.15, -0.1) is 0 Å². The predicted molar refractivity (Wildman–Crippen MR) is 170 cm³/mol. The molecule has 0 aliphatic heterocycles. The van der Waals surface area contributed by atoms with Crippen molar-refractivity contribution < 1.29 is 9.59 Å². The Morgan fingerprint density at radius 3 is 2.55 bits per heavy atom. The van der Waals surface area contributed by atoms with E-state index in [0.717, 1.165) is 22.0 Å². The Kier molecular flexibility index (Phi) is 8.61. The molecule has 0 atom stereocenters. The fourth-order valence-corrected chi connectivity index (χ4v) is 4.49. The molecular weight excluding hydrogens is 550 g/mol. The van der Waals surface area contributed by atoms with E-state index >= 15 is 0 Å². The van der Waals surface area contributed by atoms with E-state index in [4.69, 9.17) is 11.6 Å². The molecule has 0 aliphatic rings. The number of carbonyl (C=O) groups excluding carboxylic acids is 2. The number of aromatic nitrogens is 3. The number of likely N-dealkylation sites (N-methyl/N-ethyl adjacent to an activating group) is 1. The van der Waals surface area contributed by atoms with Crippen molar-refractivity contribution in [2.24, 2.45) is 0 Å². The smallest absolute Gasteiger partial charge is 0.255 e. The summed E-state index contributed by atoms with van der Waals surface area (Å²) in [7, 11) is 3.85. The highest BCUT2D eigenvalue weighted by Crippen LogP contribution is 2.33. The van der Waals surface area contributed by atoms with Gasteiger partial charge in [-0.1, -0.05) is 41.9 Å². The summed E-state index contributed by atoms with van der Waals surface area (Å²) in [6.45, 7) is 2.58. The number of para-hydroxylation sites is 1. The standard InChI is InChI=1S/C32H30ClN7O2/c1-20-10-13-23(37-32-35-19-26(33)30(39-32)25-18-34-27-8-5-4-7-24(25)27)17-28(20)38-31(42)21-11-14-22(15-12-21)36-29(41)9-6-16-40(2)3/h4-15,17-19,34H,16H2,1-3H3,(H,36,41)(H,38,42)(H,35,37,39). The van der Waals surface area contributed by atoms with Crippen LogP contribution >= 0.6 is 11.6 Å². The average molecular weight is 580 g/mol. The minimum atomic E-state index is -0.275. The number of hydrogen-bond donors (Lipinski definition) is 4. The van der Waals surface area contributed by atoms with Gasteiger partial charge in [0.15, 0.2) is 0 Å². The van der Waals surface area contributed by atoms with Crippen molar-refractivity contribution in [3.05, 3.63) is 107 Å². The molecule has 0 radical (unpaired) electrons. The summed E-state index contributed by atoms with van der Waals surface area (Å²) in [6.07, 6.45) is 6.72. The van der Waals surface area contributed by atoms with Gasteiger partial charge in [-0.3, -0.25) is 9.59 Å². The number of hydrogen-bond acceptors (Lipinski definition) is 6. The van der Waals surface area contributed by atoms with Crippen LogP contribution in [-0.4, -0.2) is 52.3 Å². The molecule has 2 heterocycles. The third kappa shape index (κ3) is 6.83. The Morgan fingerprint density at radius 1 is 1.00 bits per heavy atom. The fraction of sp³-hybridized carbons (Fsp3) is 0.125. The topological polar surface area (TPSA) is 115 Å². The van der Waals surface area contributed by atoms with E-state index in [1.54, 1.807) is 36.5 Å². The summed E-state index contributed by atoms with van der Waals surface area (Å²) in [4.78, 5) is 39.3. The molecule has 3 aromatic carbocycles. The van der Waals surface area contributed by atoms with Crippen LogP contribution in [0.25, 0.3) is 22.2 Å². The molecule has 5 rings (SSSR count).